The van der Waals surface area contributed by atoms with E-state index >= 15 is 0 Å². The summed E-state index contributed by atoms with van der Waals surface area (Å²) in [5, 5.41) is 8.57. The van der Waals surface area contributed by atoms with Gasteiger partial charge >= 0.3 is 5.97 Å². The Bertz CT molecular complexity index is 479. The average molecular weight is 275 g/mol. The van der Waals surface area contributed by atoms with Crippen molar-refractivity contribution in [3.8, 4) is 11.5 Å². The lowest BCUT2D eigenvalue weighted by Crippen LogP contribution is -2.15. The topological polar surface area (TPSA) is 81.8 Å². The van der Waals surface area contributed by atoms with Crippen LogP contribution in [0.15, 0.2) is 6.07 Å². The summed E-state index contributed by atoms with van der Waals surface area (Å²) in [5.41, 5.74) is 5.66. The van der Waals surface area contributed by atoms with E-state index < -0.39 is 29.4 Å². The van der Waals surface area contributed by atoms with Gasteiger partial charge in [0.2, 0.25) is 5.82 Å². The number of rotatable bonds is 6. The minimum atomic E-state index is -1.04. The number of halogens is 2. The lowest BCUT2D eigenvalue weighted by Gasteiger charge is -2.16. The second-order valence-corrected chi connectivity index (χ2v) is 3.87. The summed E-state index contributed by atoms with van der Waals surface area (Å²) in [6.45, 7) is 0. The normalized spacial score (nSPS) is 12.1. The lowest BCUT2D eigenvalue weighted by atomic mass is 10.0. The fourth-order valence-corrected chi connectivity index (χ4v) is 1.64. The Balaban J connectivity index is 3.16. The first-order valence-electron chi connectivity index (χ1n) is 5.49. The van der Waals surface area contributed by atoms with Gasteiger partial charge in [-0.1, -0.05) is 0 Å². The summed E-state index contributed by atoms with van der Waals surface area (Å²) in [5.74, 6) is -3.76. The van der Waals surface area contributed by atoms with E-state index in [1.165, 1.54) is 7.11 Å². The molecule has 1 aromatic rings. The van der Waals surface area contributed by atoms with Crippen molar-refractivity contribution in [2.75, 3.05) is 14.2 Å². The molecule has 0 aromatic heterocycles. The zero-order chi connectivity index (χ0) is 14.6. The number of ether oxygens (including phenoxy) is 2. The van der Waals surface area contributed by atoms with Crippen LogP contribution in [0.3, 0.4) is 0 Å². The van der Waals surface area contributed by atoms with Crippen LogP contribution >= 0.6 is 0 Å². The standard InChI is InChI=1S/C12H15F2NO4/c1-18-8-5-6(7(15)3-4-9(16)17)10(13)12(19-2)11(8)14/h5,7H,3-4,15H2,1-2H3,(H,16,17). The highest BCUT2D eigenvalue weighted by molar-refractivity contribution is 5.66. The molecule has 3 N–H and O–H groups in total. The second-order valence-electron chi connectivity index (χ2n) is 3.87. The van der Waals surface area contributed by atoms with Crippen molar-refractivity contribution < 1.29 is 28.2 Å². The number of aliphatic carboxylic acids is 1. The predicted molar refractivity (Wildman–Crippen MR) is 63.3 cm³/mol. The van der Waals surface area contributed by atoms with Crippen molar-refractivity contribution in [3.05, 3.63) is 23.3 Å². The van der Waals surface area contributed by atoms with Gasteiger partial charge in [0, 0.05) is 18.0 Å². The first kappa shape index (κ1) is 15.2. The van der Waals surface area contributed by atoms with Crippen LogP contribution in [-0.4, -0.2) is 25.3 Å². The van der Waals surface area contributed by atoms with Crippen molar-refractivity contribution in [1.82, 2.24) is 0 Å². The fraction of sp³-hybridized carbons (Fsp3) is 0.417. The average Bonchev–Trinajstić information content (AvgIpc) is 2.37. The molecule has 0 aliphatic heterocycles. The molecule has 0 saturated carbocycles. The molecule has 1 atom stereocenters. The maximum absolute atomic E-state index is 14.0. The van der Waals surface area contributed by atoms with Gasteiger partial charge in [-0.05, 0) is 12.5 Å². The van der Waals surface area contributed by atoms with E-state index in [4.69, 9.17) is 15.6 Å². The summed E-state index contributed by atoms with van der Waals surface area (Å²) >= 11 is 0. The van der Waals surface area contributed by atoms with Gasteiger partial charge in [0.1, 0.15) is 0 Å². The molecule has 0 saturated heterocycles. The van der Waals surface area contributed by atoms with Crippen LogP contribution in [0.1, 0.15) is 24.4 Å². The quantitative estimate of drug-likeness (QED) is 0.828. The van der Waals surface area contributed by atoms with Crippen LogP contribution in [0.2, 0.25) is 0 Å². The molecule has 0 aliphatic rings. The van der Waals surface area contributed by atoms with Crippen LogP contribution in [0.25, 0.3) is 0 Å². The summed E-state index contributed by atoms with van der Waals surface area (Å²) in [7, 11) is 2.34. The number of hydrogen-bond donors (Lipinski definition) is 2. The Morgan fingerprint density at radius 2 is 2.00 bits per heavy atom. The summed E-state index contributed by atoms with van der Waals surface area (Å²) < 4.78 is 37.0. The molecule has 0 fully saturated rings. The zero-order valence-electron chi connectivity index (χ0n) is 10.6. The number of carbonyl (C=O) groups is 1. The molecule has 1 aromatic carbocycles. The van der Waals surface area contributed by atoms with Gasteiger partial charge in [-0.3, -0.25) is 4.79 Å². The lowest BCUT2D eigenvalue weighted by molar-refractivity contribution is -0.137. The molecule has 1 rings (SSSR count). The molecular weight excluding hydrogens is 260 g/mol. The van der Waals surface area contributed by atoms with Gasteiger partial charge in [-0.25, -0.2) is 4.39 Å². The molecule has 19 heavy (non-hydrogen) atoms. The third-order valence-corrected chi connectivity index (χ3v) is 2.65. The van der Waals surface area contributed by atoms with Crippen LogP contribution < -0.4 is 15.2 Å². The molecular formula is C12H15F2NO4. The van der Waals surface area contributed by atoms with E-state index in [0.29, 0.717) is 0 Å². The maximum Gasteiger partial charge on any atom is 0.303 e. The molecule has 0 aliphatic carbocycles. The molecule has 0 radical (unpaired) electrons. The number of nitrogens with two attached hydrogens (primary N) is 1. The van der Waals surface area contributed by atoms with E-state index in [2.05, 4.69) is 4.74 Å². The van der Waals surface area contributed by atoms with E-state index in [0.717, 1.165) is 13.2 Å². The Kier molecular flexibility index (Phi) is 5.05. The molecule has 0 bridgehead atoms. The number of methoxy groups -OCH3 is 2. The van der Waals surface area contributed by atoms with Crippen LogP contribution in [0.4, 0.5) is 8.78 Å². The Labute approximate surface area is 108 Å². The van der Waals surface area contributed by atoms with Crippen LogP contribution in [0, 0.1) is 11.6 Å². The summed E-state index contributed by atoms with van der Waals surface area (Å²) in [6.07, 6.45) is -0.202. The largest absolute Gasteiger partial charge is 0.494 e. The zero-order valence-corrected chi connectivity index (χ0v) is 10.6. The fourth-order valence-electron chi connectivity index (χ4n) is 1.64. The van der Waals surface area contributed by atoms with Crippen molar-refractivity contribution >= 4 is 5.97 Å². The molecule has 106 valence electrons. The first-order valence-corrected chi connectivity index (χ1v) is 5.49. The Morgan fingerprint density at radius 3 is 2.47 bits per heavy atom. The highest BCUT2D eigenvalue weighted by atomic mass is 19.1. The van der Waals surface area contributed by atoms with Crippen molar-refractivity contribution in [2.24, 2.45) is 5.73 Å². The molecule has 0 amide bonds. The van der Waals surface area contributed by atoms with Gasteiger partial charge in [0.05, 0.1) is 14.2 Å². The Hall–Kier alpha value is -1.89. The number of carboxylic acids is 1. The van der Waals surface area contributed by atoms with E-state index in [9.17, 15) is 13.6 Å². The van der Waals surface area contributed by atoms with Gasteiger partial charge in [-0.2, -0.15) is 4.39 Å². The van der Waals surface area contributed by atoms with Gasteiger partial charge in [0.25, 0.3) is 0 Å². The molecule has 1 unspecified atom stereocenters. The second kappa shape index (κ2) is 6.33. The minimum Gasteiger partial charge on any atom is -0.494 e. The van der Waals surface area contributed by atoms with E-state index in [-0.39, 0.29) is 24.2 Å². The minimum absolute atomic E-state index is 0.0180. The third-order valence-electron chi connectivity index (χ3n) is 2.65. The van der Waals surface area contributed by atoms with Crippen LogP contribution in [-0.2, 0) is 4.79 Å². The Morgan fingerprint density at radius 1 is 1.37 bits per heavy atom. The molecule has 0 heterocycles. The van der Waals surface area contributed by atoms with Crippen molar-refractivity contribution in [2.45, 2.75) is 18.9 Å². The number of carboxylic acid groups (broad SMARTS) is 1. The van der Waals surface area contributed by atoms with Gasteiger partial charge < -0.3 is 20.3 Å². The summed E-state index contributed by atoms with van der Waals surface area (Å²) in [4.78, 5) is 10.5. The maximum atomic E-state index is 14.0. The number of hydrogen-bond acceptors (Lipinski definition) is 4. The monoisotopic (exact) mass is 275 g/mol. The predicted octanol–water partition coefficient (Wildman–Crippen LogP) is 1.85. The third kappa shape index (κ3) is 3.31. The highest BCUT2D eigenvalue weighted by Gasteiger charge is 2.23. The van der Waals surface area contributed by atoms with Gasteiger partial charge in [-0.15, -0.1) is 0 Å². The highest BCUT2D eigenvalue weighted by Crippen LogP contribution is 2.35. The van der Waals surface area contributed by atoms with Gasteiger partial charge in [0.15, 0.2) is 17.3 Å². The van der Waals surface area contributed by atoms with E-state index in [1.807, 2.05) is 0 Å². The van der Waals surface area contributed by atoms with Crippen LogP contribution in [0.5, 0.6) is 11.5 Å². The first-order chi connectivity index (χ1) is 8.92. The smallest absolute Gasteiger partial charge is 0.303 e. The molecule has 7 heteroatoms. The van der Waals surface area contributed by atoms with E-state index in [1.54, 1.807) is 0 Å². The SMILES string of the molecule is COc1cc(C(N)CCC(=O)O)c(F)c(OC)c1F. The van der Waals surface area contributed by atoms with Crippen molar-refractivity contribution in [1.29, 1.82) is 0 Å². The van der Waals surface area contributed by atoms with Crippen molar-refractivity contribution in [3.63, 3.8) is 0 Å². The number of benzene rings is 1. The molecule has 5 nitrogen and oxygen atoms in total. The molecule has 0 spiro atoms. The summed E-state index contributed by atoms with van der Waals surface area (Å²) in [6, 6.07) is 0.221.